The third-order valence-corrected chi connectivity index (χ3v) is 25.9. The minimum absolute atomic E-state index is 0.0585. The van der Waals surface area contributed by atoms with E-state index in [1.165, 1.54) is 78.4 Å². The molecule has 18 aromatic rings. The van der Waals surface area contributed by atoms with E-state index in [0.29, 0.717) is 52.4 Å². The fourth-order valence-corrected chi connectivity index (χ4v) is 18.8. The minimum Gasteiger partial charge on any atom is -0.363 e. The van der Waals surface area contributed by atoms with Crippen molar-refractivity contribution in [2.24, 2.45) is 0 Å². The summed E-state index contributed by atoms with van der Waals surface area (Å²) < 4.78 is 5.87. The van der Waals surface area contributed by atoms with Gasteiger partial charge in [-0.15, -0.1) is 0 Å². The van der Waals surface area contributed by atoms with E-state index in [1.54, 1.807) is 109 Å². The molecule has 6 aromatic heterocycles. The van der Waals surface area contributed by atoms with E-state index in [0.717, 1.165) is 65.8 Å². The second-order valence-electron chi connectivity index (χ2n) is 37.6. The summed E-state index contributed by atoms with van der Waals surface area (Å²) in [5.74, 6) is -1.12. The lowest BCUT2D eigenvalue weighted by Crippen LogP contribution is -2.32. The van der Waals surface area contributed by atoms with Crippen LogP contribution in [0.5, 0.6) is 0 Å². The van der Waals surface area contributed by atoms with Crippen LogP contribution >= 0.6 is 0 Å². The van der Waals surface area contributed by atoms with Crippen molar-refractivity contribution in [1.82, 2.24) is 27.4 Å². The molecule has 12 aromatic carbocycles. The van der Waals surface area contributed by atoms with E-state index in [4.69, 9.17) is 0 Å². The minimum atomic E-state index is -1.69. The number of carbonyl (C=O) groups excluding carboxylic acids is 2. The predicted molar refractivity (Wildman–Crippen MR) is 497 cm³/mol. The Hall–Kier alpha value is -15.6. The van der Waals surface area contributed by atoms with Crippen LogP contribution < -0.4 is 76.5 Å². The number of aromatic nitrogens is 6. The highest BCUT2D eigenvalue weighted by atomic mass is 16.2. The second-order valence-corrected chi connectivity index (χ2v) is 37.6. The molecule has 20 rings (SSSR count). The van der Waals surface area contributed by atoms with Crippen molar-refractivity contribution < 1.29 is 9.59 Å². The molecule has 0 aliphatic carbocycles. The first-order chi connectivity index (χ1) is 60.3. The van der Waals surface area contributed by atoms with Crippen LogP contribution in [-0.4, -0.2) is 39.2 Å². The third-order valence-electron chi connectivity index (χ3n) is 25.9. The summed E-state index contributed by atoms with van der Waals surface area (Å²) in [6, 6.07) is 66.5. The van der Waals surface area contributed by atoms with Crippen molar-refractivity contribution in [3.05, 3.63) is 434 Å². The van der Waals surface area contributed by atoms with E-state index in [1.807, 2.05) is 98.7 Å². The van der Waals surface area contributed by atoms with E-state index in [9.17, 15) is 67.1 Å². The maximum Gasteiger partial charge on any atom is 0.266 e. The van der Waals surface area contributed by atoms with Crippen LogP contribution in [0.1, 0.15) is 159 Å². The van der Waals surface area contributed by atoms with Crippen molar-refractivity contribution in [3.8, 4) is 34.1 Å². The van der Waals surface area contributed by atoms with Gasteiger partial charge in [0.15, 0.2) is 0 Å². The van der Waals surface area contributed by atoms with Crippen LogP contribution in [0.2, 0.25) is 0 Å². The Bertz CT molecular complexity index is 7640. The van der Waals surface area contributed by atoms with Gasteiger partial charge in [-0.1, -0.05) is 180 Å². The van der Waals surface area contributed by atoms with Crippen molar-refractivity contribution >= 4 is 87.8 Å². The van der Waals surface area contributed by atoms with Gasteiger partial charge in [-0.25, -0.2) is 32.3 Å². The Kier molecular flexibility index (Phi) is 17.4. The Balaban J connectivity index is 0.742. The largest absolute Gasteiger partial charge is 0.363 e. The number of fused-ring (bicyclic) bond motifs is 8. The smallest absolute Gasteiger partial charge is 0.266 e. The highest BCUT2D eigenvalue weighted by Gasteiger charge is 2.43. The first-order valence-corrected chi connectivity index (χ1v) is 41.8. The summed E-state index contributed by atoms with van der Waals surface area (Å²) >= 11 is 0. The fraction of sp³-hybridized carbons (Fsp3) is 0.181. The monoisotopic (exact) mass is 1680 g/mol. The number of anilines is 2. The topological polar surface area (TPSA) is 275 Å². The number of imide groups is 1. The summed E-state index contributed by atoms with van der Waals surface area (Å²) in [6.45, 7) is 25.7. The number of hydrogen-bond acceptors (Lipinski definition) is 15. The average molecular weight is 1680 g/mol. The molecule has 0 spiro atoms. The molecule has 0 unspecified atom stereocenters. The highest BCUT2D eigenvalue weighted by molar-refractivity contribution is 6.34. The Morgan fingerprint density at radius 1 is 0.189 bits per heavy atom. The van der Waals surface area contributed by atoms with Crippen LogP contribution in [0, 0.1) is 0 Å². The lowest BCUT2D eigenvalue weighted by Gasteiger charge is -2.37. The van der Waals surface area contributed by atoms with Gasteiger partial charge < -0.3 is 4.90 Å². The van der Waals surface area contributed by atoms with Crippen molar-refractivity contribution in [2.45, 2.75) is 123 Å². The van der Waals surface area contributed by atoms with Crippen LogP contribution in [0.4, 0.5) is 11.4 Å². The molecule has 2 aliphatic rings. The Labute approximate surface area is 721 Å². The number of hydrogen-bond donors (Lipinski definition) is 0. The quantitative estimate of drug-likeness (QED) is 0.0812. The molecule has 8 heterocycles. The molecule has 22 nitrogen and oxygen atoms in total. The number of benzene rings is 12. The second kappa shape index (κ2) is 27.7. The molecule has 0 atom stereocenters. The van der Waals surface area contributed by atoms with Gasteiger partial charge in [0.25, 0.3) is 78.5 Å². The van der Waals surface area contributed by atoms with Crippen LogP contribution in [0.3, 0.4) is 0 Å². The molecule has 22 heteroatoms. The first kappa shape index (κ1) is 79.9. The SMILES string of the molecule is CC(C)(C)c1ccc(N2Cc3cc4c(cc3C2)C(=O)N(c2ccc(C(c3ccc(-n5c(=O)c6cc7c(=O)n(-c8ccc(C(C)(C)C)cc8)c(=O)c7cc6c5=O)cc3)(c3ccc(-n5c(=O)c6cc7c(=O)n(-c8ccc(C(C)(C)C)cc8)c(=O)c7cc6c5=O)cc3)c3ccc(-n5c(=O)c6cc7c(=O)n(-c8ccc(C(C)(C)C)cc8)c(=O)c7cc6c5=O)cc3)cc2)C4=O)cc1. The average Bonchev–Trinajstić information content (AvgIpc) is 1.29. The van der Waals surface area contributed by atoms with E-state index in [-0.39, 0.29) is 120 Å². The van der Waals surface area contributed by atoms with Gasteiger partial charge in [-0.05, 0) is 223 Å². The molecular formula is C105H80N8O14. The maximum absolute atomic E-state index is 15.0. The van der Waals surface area contributed by atoms with Crippen LogP contribution in [0.25, 0.3) is 98.8 Å². The lowest BCUT2D eigenvalue weighted by molar-refractivity contribution is 0.0925. The third kappa shape index (κ3) is 12.0. The zero-order valence-electron chi connectivity index (χ0n) is 71.3. The van der Waals surface area contributed by atoms with Gasteiger partial charge in [0.05, 0.1) is 121 Å². The number of amides is 2. The summed E-state index contributed by atoms with van der Waals surface area (Å²) in [4.78, 5) is 209. The standard InChI is InChI=1S/C105H80N8O14/c1-101(2,3)57-13-29-65(30-14-57)106-53-55-45-73-74(46-56(55)54-106)88(115)107(87(73)114)69-37-21-61(22-38-69)105(62-23-39-70(40-24-62)111-95(122)81-47-75-76(48-82(81)96(111)123)90(117)108(89(75)116)66-31-15-58(16-32-66)102(4,5)6,63-25-41-71(42-26-63)112-97(124)83-49-77-78(50-84(83)98(112)125)92(119)109(91(77)118)67-33-17-59(18-34-67)103(7,8)9)64-27-43-72(44-28-64)113-99(126)85-51-79-80(52-86(85)100(113)127)94(121)110(93(79)120)68-35-19-60(20-36-68)104(10,11)12/h13-52H,53-54H2,1-12H3. The zero-order valence-corrected chi connectivity index (χ0v) is 71.3. The molecule has 0 radical (unpaired) electrons. The summed E-state index contributed by atoms with van der Waals surface area (Å²) in [6.07, 6.45) is 0. The summed E-state index contributed by atoms with van der Waals surface area (Å²) in [5, 5.41) is -1.15. The molecule has 0 N–H and O–H groups in total. The maximum atomic E-state index is 15.0. The van der Waals surface area contributed by atoms with Gasteiger partial charge in [0, 0.05) is 18.8 Å². The number of nitrogens with zero attached hydrogens (tertiary/aromatic N) is 8. The van der Waals surface area contributed by atoms with Crippen LogP contribution in [-0.2, 0) is 40.2 Å². The number of carbonyl (C=O) groups is 2. The van der Waals surface area contributed by atoms with Crippen LogP contribution in [0.15, 0.2) is 300 Å². The van der Waals surface area contributed by atoms with Gasteiger partial charge in [0.2, 0.25) is 0 Å². The molecular weight excluding hydrogens is 1600 g/mol. The van der Waals surface area contributed by atoms with Crippen molar-refractivity contribution in [3.63, 3.8) is 0 Å². The van der Waals surface area contributed by atoms with Gasteiger partial charge in [-0.2, -0.15) is 0 Å². The predicted octanol–water partition coefficient (Wildman–Crippen LogP) is 14.2. The molecule has 0 bridgehead atoms. The number of rotatable bonds is 12. The zero-order chi connectivity index (χ0) is 89.4. The molecule has 0 saturated heterocycles. The van der Waals surface area contributed by atoms with Crippen molar-refractivity contribution in [2.75, 3.05) is 9.80 Å². The fourth-order valence-electron chi connectivity index (χ4n) is 18.8. The van der Waals surface area contributed by atoms with Crippen molar-refractivity contribution in [1.29, 1.82) is 0 Å². The first-order valence-electron chi connectivity index (χ1n) is 41.8. The molecule has 624 valence electrons. The van der Waals surface area contributed by atoms with Gasteiger partial charge >= 0.3 is 0 Å². The highest BCUT2D eigenvalue weighted by Crippen LogP contribution is 2.48. The molecule has 127 heavy (non-hydrogen) atoms. The Morgan fingerprint density at radius 3 is 0.520 bits per heavy atom. The molecule has 2 aliphatic heterocycles. The Morgan fingerprint density at radius 2 is 0.346 bits per heavy atom. The lowest BCUT2D eigenvalue weighted by atomic mass is 9.65. The molecule has 0 saturated carbocycles. The van der Waals surface area contributed by atoms with Gasteiger partial charge in [-0.3, -0.25) is 67.1 Å². The molecule has 2 amide bonds. The summed E-state index contributed by atoms with van der Waals surface area (Å²) in [5.41, 5.74) is -1.08. The molecule has 0 fully saturated rings. The van der Waals surface area contributed by atoms with E-state index < -0.39 is 83.9 Å². The van der Waals surface area contributed by atoms with Gasteiger partial charge in [0.1, 0.15) is 0 Å². The van der Waals surface area contributed by atoms with E-state index >= 15 is 0 Å². The normalized spacial score (nSPS) is 13.5. The summed E-state index contributed by atoms with van der Waals surface area (Å²) in [7, 11) is 0. The van der Waals surface area contributed by atoms with E-state index in [2.05, 4.69) is 49.9 Å².